The lowest BCUT2D eigenvalue weighted by Gasteiger charge is -2.18. The molecule has 0 radical (unpaired) electrons. The van der Waals surface area contributed by atoms with Crippen LogP contribution in [-0.4, -0.2) is 32.6 Å². The number of anilines is 2. The van der Waals surface area contributed by atoms with Crippen molar-refractivity contribution in [2.45, 2.75) is 13.3 Å². The summed E-state index contributed by atoms with van der Waals surface area (Å²) in [6.45, 7) is 2.21. The minimum absolute atomic E-state index is 0.100. The number of rotatable bonds is 5. The Morgan fingerprint density at radius 3 is 2.63 bits per heavy atom. The number of methoxy groups -OCH3 is 2. The van der Waals surface area contributed by atoms with E-state index in [0.29, 0.717) is 34.4 Å². The number of aryl methyl sites for hydroxylation is 1. The quantitative estimate of drug-likeness (QED) is 0.848. The number of nitrogens with zero attached hydrogens (tertiary/aromatic N) is 1. The Morgan fingerprint density at radius 1 is 1.19 bits per heavy atom. The zero-order valence-corrected chi connectivity index (χ0v) is 16.2. The van der Waals surface area contributed by atoms with Crippen LogP contribution in [0.5, 0.6) is 11.5 Å². The van der Waals surface area contributed by atoms with E-state index in [1.54, 1.807) is 36.3 Å². The van der Waals surface area contributed by atoms with Crippen LogP contribution in [0.15, 0.2) is 36.4 Å². The molecule has 1 aliphatic rings. The summed E-state index contributed by atoms with van der Waals surface area (Å²) in [4.78, 5) is 26.7. The van der Waals surface area contributed by atoms with Crippen molar-refractivity contribution in [1.29, 1.82) is 0 Å². The van der Waals surface area contributed by atoms with Crippen LogP contribution in [0.3, 0.4) is 0 Å². The predicted molar refractivity (Wildman–Crippen MR) is 105 cm³/mol. The maximum absolute atomic E-state index is 12.7. The van der Waals surface area contributed by atoms with Gasteiger partial charge in [-0.1, -0.05) is 17.7 Å². The SMILES string of the molecule is COc1ccc(NC(=O)C2CC(=O)N(c3ccc(C)c(Cl)c3)C2)c(OC)c1. The van der Waals surface area contributed by atoms with Crippen LogP contribution in [0, 0.1) is 12.8 Å². The van der Waals surface area contributed by atoms with Gasteiger partial charge in [0.1, 0.15) is 11.5 Å². The van der Waals surface area contributed by atoms with Crippen LogP contribution in [0.2, 0.25) is 5.02 Å². The number of amides is 2. The minimum Gasteiger partial charge on any atom is -0.497 e. The Bertz CT molecular complexity index is 884. The Labute approximate surface area is 163 Å². The zero-order valence-electron chi connectivity index (χ0n) is 15.4. The first-order chi connectivity index (χ1) is 12.9. The molecule has 1 unspecified atom stereocenters. The molecule has 0 aromatic heterocycles. The lowest BCUT2D eigenvalue weighted by Crippen LogP contribution is -2.28. The first kappa shape index (κ1) is 19.0. The summed E-state index contributed by atoms with van der Waals surface area (Å²) in [5.41, 5.74) is 2.17. The van der Waals surface area contributed by atoms with Gasteiger partial charge >= 0.3 is 0 Å². The summed E-state index contributed by atoms with van der Waals surface area (Å²) in [6, 6.07) is 10.6. The number of hydrogen-bond acceptors (Lipinski definition) is 4. The third-order valence-electron chi connectivity index (χ3n) is 4.63. The van der Waals surface area contributed by atoms with E-state index in [1.165, 1.54) is 7.11 Å². The predicted octanol–water partition coefficient (Wildman–Crippen LogP) is 3.66. The van der Waals surface area contributed by atoms with Gasteiger partial charge in [-0.3, -0.25) is 9.59 Å². The molecule has 1 fully saturated rings. The minimum atomic E-state index is -0.454. The van der Waals surface area contributed by atoms with Crippen LogP contribution >= 0.6 is 11.6 Å². The van der Waals surface area contributed by atoms with Crippen LogP contribution in [0.25, 0.3) is 0 Å². The summed E-state index contributed by atoms with van der Waals surface area (Å²) in [5.74, 6) is 0.339. The van der Waals surface area contributed by atoms with E-state index in [1.807, 2.05) is 19.1 Å². The van der Waals surface area contributed by atoms with E-state index in [0.717, 1.165) is 5.56 Å². The van der Waals surface area contributed by atoms with Crippen molar-refractivity contribution in [2.75, 3.05) is 31.0 Å². The number of nitrogens with one attached hydrogen (secondary N) is 1. The van der Waals surface area contributed by atoms with E-state index in [9.17, 15) is 9.59 Å². The maximum atomic E-state index is 12.7. The van der Waals surface area contributed by atoms with Gasteiger partial charge in [0.05, 0.1) is 25.8 Å². The van der Waals surface area contributed by atoms with Crippen molar-refractivity contribution >= 4 is 34.8 Å². The number of halogens is 1. The second kappa shape index (κ2) is 7.88. The van der Waals surface area contributed by atoms with Crippen molar-refractivity contribution in [3.05, 3.63) is 47.0 Å². The molecule has 2 aromatic carbocycles. The third kappa shape index (κ3) is 4.01. The molecule has 2 aromatic rings. The van der Waals surface area contributed by atoms with E-state index in [-0.39, 0.29) is 18.2 Å². The van der Waals surface area contributed by atoms with Gasteiger partial charge in [-0.2, -0.15) is 0 Å². The Balaban J connectivity index is 1.73. The molecule has 1 heterocycles. The van der Waals surface area contributed by atoms with E-state index in [2.05, 4.69) is 5.32 Å². The molecule has 0 spiro atoms. The van der Waals surface area contributed by atoms with Crippen LogP contribution < -0.4 is 19.7 Å². The van der Waals surface area contributed by atoms with Crippen LogP contribution in [0.1, 0.15) is 12.0 Å². The smallest absolute Gasteiger partial charge is 0.229 e. The fourth-order valence-corrected chi connectivity index (χ4v) is 3.19. The maximum Gasteiger partial charge on any atom is 0.229 e. The van der Waals surface area contributed by atoms with E-state index >= 15 is 0 Å². The molecule has 1 aliphatic heterocycles. The Kier molecular flexibility index (Phi) is 5.56. The topological polar surface area (TPSA) is 67.9 Å². The summed E-state index contributed by atoms with van der Waals surface area (Å²) in [5, 5.41) is 3.44. The van der Waals surface area contributed by atoms with Gasteiger partial charge in [0.15, 0.2) is 0 Å². The van der Waals surface area contributed by atoms with Crippen molar-refractivity contribution < 1.29 is 19.1 Å². The molecular formula is C20H21ClN2O4. The van der Waals surface area contributed by atoms with Gasteiger partial charge in [0.2, 0.25) is 11.8 Å². The normalized spacial score (nSPS) is 16.4. The number of carbonyl (C=O) groups is 2. The van der Waals surface area contributed by atoms with Crippen molar-refractivity contribution in [1.82, 2.24) is 0 Å². The van der Waals surface area contributed by atoms with Gasteiger partial charge < -0.3 is 19.7 Å². The zero-order chi connectivity index (χ0) is 19.6. The molecule has 2 amide bonds. The summed E-state index contributed by atoms with van der Waals surface area (Å²) >= 11 is 6.16. The van der Waals surface area contributed by atoms with Crippen molar-refractivity contribution in [3.63, 3.8) is 0 Å². The molecule has 1 N–H and O–H groups in total. The first-order valence-electron chi connectivity index (χ1n) is 8.52. The van der Waals surface area contributed by atoms with Crippen LogP contribution in [0.4, 0.5) is 11.4 Å². The molecule has 1 saturated heterocycles. The van der Waals surface area contributed by atoms with Gasteiger partial charge in [-0.05, 0) is 36.8 Å². The average molecular weight is 389 g/mol. The molecule has 27 heavy (non-hydrogen) atoms. The van der Waals surface area contributed by atoms with E-state index in [4.69, 9.17) is 21.1 Å². The van der Waals surface area contributed by atoms with Gasteiger partial charge in [-0.25, -0.2) is 0 Å². The summed E-state index contributed by atoms with van der Waals surface area (Å²) in [6.07, 6.45) is 0.149. The number of benzene rings is 2. The van der Waals surface area contributed by atoms with Crippen molar-refractivity contribution in [3.8, 4) is 11.5 Å². The van der Waals surface area contributed by atoms with Crippen molar-refractivity contribution in [2.24, 2.45) is 5.92 Å². The molecule has 6 nitrogen and oxygen atoms in total. The highest BCUT2D eigenvalue weighted by molar-refractivity contribution is 6.31. The molecule has 1 atom stereocenters. The lowest BCUT2D eigenvalue weighted by atomic mass is 10.1. The lowest BCUT2D eigenvalue weighted by molar-refractivity contribution is -0.122. The highest BCUT2D eigenvalue weighted by atomic mass is 35.5. The molecule has 0 aliphatic carbocycles. The largest absolute Gasteiger partial charge is 0.497 e. The average Bonchev–Trinajstić information content (AvgIpc) is 3.06. The first-order valence-corrected chi connectivity index (χ1v) is 8.90. The molecule has 3 rings (SSSR count). The summed E-state index contributed by atoms with van der Waals surface area (Å²) in [7, 11) is 3.08. The number of carbonyl (C=O) groups excluding carboxylic acids is 2. The standard InChI is InChI=1S/C20H21ClN2O4/c1-12-4-5-14(9-16(12)21)23-11-13(8-19(23)24)20(25)22-17-7-6-15(26-2)10-18(17)27-3/h4-7,9-10,13H,8,11H2,1-3H3,(H,22,25). The second-order valence-corrected chi connectivity index (χ2v) is 6.80. The van der Waals surface area contributed by atoms with Crippen LogP contribution in [-0.2, 0) is 9.59 Å². The molecular weight excluding hydrogens is 368 g/mol. The molecule has 142 valence electrons. The highest BCUT2D eigenvalue weighted by Crippen LogP contribution is 2.32. The highest BCUT2D eigenvalue weighted by Gasteiger charge is 2.35. The Morgan fingerprint density at radius 2 is 1.96 bits per heavy atom. The molecule has 0 saturated carbocycles. The Hall–Kier alpha value is -2.73. The molecule has 0 bridgehead atoms. The van der Waals surface area contributed by atoms with Gasteiger partial charge in [-0.15, -0.1) is 0 Å². The molecule has 7 heteroatoms. The summed E-state index contributed by atoms with van der Waals surface area (Å²) < 4.78 is 10.5. The van der Waals surface area contributed by atoms with Gasteiger partial charge in [0.25, 0.3) is 0 Å². The number of hydrogen-bond donors (Lipinski definition) is 1. The fraction of sp³-hybridized carbons (Fsp3) is 0.300. The second-order valence-electron chi connectivity index (χ2n) is 6.39. The van der Waals surface area contributed by atoms with E-state index < -0.39 is 5.92 Å². The third-order valence-corrected chi connectivity index (χ3v) is 5.04. The number of ether oxygens (including phenoxy) is 2. The fourth-order valence-electron chi connectivity index (χ4n) is 3.02. The van der Waals surface area contributed by atoms with Gasteiger partial charge in [0, 0.05) is 29.7 Å². The monoisotopic (exact) mass is 388 g/mol.